The van der Waals surface area contributed by atoms with Crippen molar-refractivity contribution in [2.45, 2.75) is 6.42 Å². The maximum absolute atomic E-state index is 5.34. The molecule has 4 nitrogen and oxygen atoms in total. The van der Waals surface area contributed by atoms with Crippen LogP contribution in [0.25, 0.3) is 0 Å². The number of hydrogen-bond donors (Lipinski definition) is 1. The van der Waals surface area contributed by atoms with E-state index in [-0.39, 0.29) is 0 Å². The summed E-state index contributed by atoms with van der Waals surface area (Å²) in [7, 11) is 0. The zero-order chi connectivity index (χ0) is 8.81. The number of ether oxygens (including phenoxy) is 1. The number of nitrogens with zero attached hydrogens (tertiary/aromatic N) is 2. The molecule has 0 saturated heterocycles. The topological polar surface area (TPSA) is 61.0 Å². The van der Waals surface area contributed by atoms with Gasteiger partial charge in [0.1, 0.15) is 6.33 Å². The molecule has 1 aromatic heterocycles. The summed E-state index contributed by atoms with van der Waals surface area (Å²) in [6.07, 6.45) is 4.03. The molecule has 0 aliphatic heterocycles. The van der Waals surface area contributed by atoms with Crippen LogP contribution in [0, 0.1) is 3.57 Å². The largest absolute Gasteiger partial charge is 0.477 e. The van der Waals surface area contributed by atoms with Crippen LogP contribution in [0.2, 0.25) is 0 Å². The van der Waals surface area contributed by atoms with Gasteiger partial charge < -0.3 is 10.5 Å². The molecular formula is C7H10IN3O. The molecule has 0 radical (unpaired) electrons. The Kier molecular flexibility index (Phi) is 4.23. The molecule has 0 amide bonds. The quantitative estimate of drug-likeness (QED) is 0.654. The van der Waals surface area contributed by atoms with Crippen LogP contribution >= 0.6 is 22.6 Å². The summed E-state index contributed by atoms with van der Waals surface area (Å²) < 4.78 is 6.26. The third-order valence-corrected chi connectivity index (χ3v) is 1.96. The highest BCUT2D eigenvalue weighted by molar-refractivity contribution is 14.1. The van der Waals surface area contributed by atoms with Gasteiger partial charge in [0.25, 0.3) is 0 Å². The molecule has 12 heavy (non-hydrogen) atoms. The van der Waals surface area contributed by atoms with E-state index in [2.05, 4.69) is 32.6 Å². The second-order valence-corrected chi connectivity index (χ2v) is 3.33. The first-order valence-corrected chi connectivity index (χ1v) is 4.71. The maximum atomic E-state index is 5.34. The van der Waals surface area contributed by atoms with Gasteiger partial charge in [-0.2, -0.15) is 0 Å². The molecule has 0 spiro atoms. The molecule has 0 aliphatic carbocycles. The van der Waals surface area contributed by atoms with E-state index in [1.54, 1.807) is 6.20 Å². The van der Waals surface area contributed by atoms with E-state index in [4.69, 9.17) is 10.5 Å². The molecule has 2 N–H and O–H groups in total. The maximum Gasteiger partial charge on any atom is 0.230 e. The lowest BCUT2D eigenvalue weighted by atomic mass is 10.5. The lowest BCUT2D eigenvalue weighted by Crippen LogP contribution is -2.07. The molecule has 5 heteroatoms. The summed E-state index contributed by atoms with van der Waals surface area (Å²) in [5, 5.41) is 0. The Morgan fingerprint density at radius 1 is 1.58 bits per heavy atom. The fourth-order valence-corrected chi connectivity index (χ4v) is 1.12. The number of rotatable bonds is 4. The summed E-state index contributed by atoms with van der Waals surface area (Å²) in [6.45, 7) is 1.26. The van der Waals surface area contributed by atoms with Crippen molar-refractivity contribution in [1.29, 1.82) is 0 Å². The van der Waals surface area contributed by atoms with E-state index in [0.717, 1.165) is 9.99 Å². The first-order chi connectivity index (χ1) is 5.84. The third-order valence-electron chi connectivity index (χ3n) is 1.22. The highest BCUT2D eigenvalue weighted by Gasteiger charge is 1.99. The molecule has 1 aromatic rings. The smallest absolute Gasteiger partial charge is 0.230 e. The zero-order valence-electron chi connectivity index (χ0n) is 6.53. The summed E-state index contributed by atoms with van der Waals surface area (Å²) >= 11 is 2.13. The van der Waals surface area contributed by atoms with Crippen molar-refractivity contribution in [3.8, 4) is 5.88 Å². The van der Waals surface area contributed by atoms with E-state index < -0.39 is 0 Å². The Morgan fingerprint density at radius 3 is 3.08 bits per heavy atom. The second-order valence-electron chi connectivity index (χ2n) is 2.17. The molecule has 0 unspecified atom stereocenters. The number of nitrogens with two attached hydrogens (primary N) is 1. The van der Waals surface area contributed by atoms with Crippen LogP contribution in [0.1, 0.15) is 6.42 Å². The van der Waals surface area contributed by atoms with E-state index in [0.29, 0.717) is 19.0 Å². The van der Waals surface area contributed by atoms with Crippen LogP contribution in [0.5, 0.6) is 5.88 Å². The van der Waals surface area contributed by atoms with E-state index >= 15 is 0 Å². The minimum Gasteiger partial charge on any atom is -0.477 e. The summed E-state index contributed by atoms with van der Waals surface area (Å²) in [5.41, 5.74) is 5.32. The standard InChI is InChI=1S/C7H10IN3O/c8-6-4-10-5-11-7(6)12-3-1-2-9/h4-5H,1-3,9H2. The molecule has 0 aromatic carbocycles. The lowest BCUT2D eigenvalue weighted by Gasteiger charge is -2.04. The molecule has 0 bridgehead atoms. The summed E-state index contributed by atoms with van der Waals surface area (Å²) in [4.78, 5) is 7.82. The SMILES string of the molecule is NCCCOc1ncncc1I. The van der Waals surface area contributed by atoms with Gasteiger partial charge in [0, 0.05) is 6.20 Å². The Labute approximate surface area is 84.7 Å². The molecule has 0 fully saturated rings. The van der Waals surface area contributed by atoms with Gasteiger partial charge in [0.15, 0.2) is 0 Å². The van der Waals surface area contributed by atoms with Gasteiger partial charge in [-0.25, -0.2) is 9.97 Å². The predicted octanol–water partition coefficient (Wildman–Crippen LogP) is 0.809. The second kappa shape index (κ2) is 5.26. The van der Waals surface area contributed by atoms with Crippen LogP contribution < -0.4 is 10.5 Å². The van der Waals surface area contributed by atoms with Crippen molar-refractivity contribution >= 4 is 22.6 Å². The van der Waals surface area contributed by atoms with E-state index in [1.807, 2.05) is 0 Å². The monoisotopic (exact) mass is 279 g/mol. The molecule has 0 aliphatic rings. The van der Waals surface area contributed by atoms with Crippen LogP contribution in [0.3, 0.4) is 0 Å². The normalized spacial score (nSPS) is 9.83. The minimum absolute atomic E-state index is 0.615. The van der Waals surface area contributed by atoms with Crippen molar-refractivity contribution in [1.82, 2.24) is 9.97 Å². The van der Waals surface area contributed by atoms with Gasteiger partial charge in [-0.3, -0.25) is 0 Å². The van der Waals surface area contributed by atoms with E-state index in [1.165, 1.54) is 6.33 Å². The van der Waals surface area contributed by atoms with Crippen molar-refractivity contribution in [3.05, 3.63) is 16.1 Å². The highest BCUT2D eigenvalue weighted by Crippen LogP contribution is 2.14. The number of hydrogen-bond acceptors (Lipinski definition) is 4. The Morgan fingerprint density at radius 2 is 2.42 bits per heavy atom. The Balaban J connectivity index is 2.46. The number of aromatic nitrogens is 2. The first kappa shape index (κ1) is 9.66. The van der Waals surface area contributed by atoms with Gasteiger partial charge in [-0.15, -0.1) is 0 Å². The van der Waals surface area contributed by atoms with Gasteiger partial charge in [-0.05, 0) is 35.6 Å². The van der Waals surface area contributed by atoms with Crippen LogP contribution in [-0.4, -0.2) is 23.1 Å². The van der Waals surface area contributed by atoms with Crippen molar-refractivity contribution < 1.29 is 4.74 Å². The van der Waals surface area contributed by atoms with Gasteiger partial charge >= 0.3 is 0 Å². The summed E-state index contributed by atoms with van der Waals surface area (Å²) in [6, 6.07) is 0. The zero-order valence-corrected chi connectivity index (χ0v) is 8.69. The molecule has 66 valence electrons. The third kappa shape index (κ3) is 2.90. The van der Waals surface area contributed by atoms with Crippen LogP contribution in [0.15, 0.2) is 12.5 Å². The van der Waals surface area contributed by atoms with Crippen molar-refractivity contribution in [2.24, 2.45) is 5.73 Å². The summed E-state index contributed by atoms with van der Waals surface area (Å²) in [5.74, 6) is 0.638. The van der Waals surface area contributed by atoms with Gasteiger partial charge in [0.05, 0.1) is 10.2 Å². The Hall–Kier alpha value is -0.430. The van der Waals surface area contributed by atoms with Gasteiger partial charge in [0.2, 0.25) is 5.88 Å². The van der Waals surface area contributed by atoms with E-state index in [9.17, 15) is 0 Å². The van der Waals surface area contributed by atoms with Crippen molar-refractivity contribution in [2.75, 3.05) is 13.2 Å². The van der Waals surface area contributed by atoms with Crippen molar-refractivity contribution in [3.63, 3.8) is 0 Å². The molecule has 1 heterocycles. The molecule has 0 saturated carbocycles. The number of halogens is 1. The molecule has 1 rings (SSSR count). The molecular weight excluding hydrogens is 269 g/mol. The average Bonchev–Trinajstić information content (AvgIpc) is 2.09. The van der Waals surface area contributed by atoms with Gasteiger partial charge in [-0.1, -0.05) is 0 Å². The Bertz CT molecular complexity index is 244. The van der Waals surface area contributed by atoms with Crippen LogP contribution in [-0.2, 0) is 0 Å². The fraction of sp³-hybridized carbons (Fsp3) is 0.429. The average molecular weight is 279 g/mol. The van der Waals surface area contributed by atoms with Crippen LogP contribution in [0.4, 0.5) is 0 Å². The molecule has 0 atom stereocenters. The fourth-order valence-electron chi connectivity index (χ4n) is 0.660. The minimum atomic E-state index is 0.615. The lowest BCUT2D eigenvalue weighted by molar-refractivity contribution is 0.298. The first-order valence-electron chi connectivity index (χ1n) is 3.63. The predicted molar refractivity (Wildman–Crippen MR) is 53.9 cm³/mol. The highest BCUT2D eigenvalue weighted by atomic mass is 127.